The molecule has 2 heterocycles. The van der Waals surface area contributed by atoms with Crippen molar-refractivity contribution in [1.82, 2.24) is 14.9 Å². The maximum Gasteiger partial charge on any atom is 0.112 e. The molecule has 0 spiro atoms. The monoisotopic (exact) mass is 253 g/mol. The van der Waals surface area contributed by atoms with Crippen LogP contribution >= 0.6 is 0 Å². The predicted octanol–water partition coefficient (Wildman–Crippen LogP) is 0.785. The maximum atomic E-state index is 11.3. The third kappa shape index (κ3) is 2.31. The highest BCUT2D eigenvalue weighted by atomic mass is 32.2. The van der Waals surface area contributed by atoms with Gasteiger partial charge in [-0.1, -0.05) is 0 Å². The fourth-order valence-corrected chi connectivity index (χ4v) is 2.95. The molecule has 0 bridgehead atoms. The fourth-order valence-electron chi connectivity index (χ4n) is 2.51. The van der Waals surface area contributed by atoms with Crippen molar-refractivity contribution in [2.24, 2.45) is 0 Å². The molecule has 1 aromatic heterocycles. The van der Waals surface area contributed by atoms with Gasteiger partial charge in [-0.2, -0.15) is 0 Å². The lowest BCUT2D eigenvalue weighted by Gasteiger charge is -2.15. The van der Waals surface area contributed by atoms with Crippen molar-refractivity contribution in [3.63, 3.8) is 0 Å². The molecule has 1 aromatic rings. The van der Waals surface area contributed by atoms with Crippen LogP contribution < -0.4 is 5.32 Å². The summed E-state index contributed by atoms with van der Waals surface area (Å²) in [5.41, 5.74) is 2.61. The van der Waals surface area contributed by atoms with E-state index in [2.05, 4.69) is 9.88 Å². The SMILES string of the molecule is CS(=O)CCn1c(C2CC2)nc2c1CCNC2. The zero-order valence-corrected chi connectivity index (χ0v) is 11.1. The minimum atomic E-state index is -0.716. The van der Waals surface area contributed by atoms with Crippen LogP contribution in [0.4, 0.5) is 0 Å². The molecule has 0 aromatic carbocycles. The Hall–Kier alpha value is -0.680. The molecule has 0 saturated heterocycles. The van der Waals surface area contributed by atoms with E-state index < -0.39 is 10.8 Å². The Morgan fingerprint density at radius 3 is 3.06 bits per heavy atom. The lowest BCUT2D eigenvalue weighted by molar-refractivity contribution is 0.591. The topological polar surface area (TPSA) is 46.9 Å². The smallest absolute Gasteiger partial charge is 0.112 e. The van der Waals surface area contributed by atoms with E-state index >= 15 is 0 Å². The summed E-state index contributed by atoms with van der Waals surface area (Å²) >= 11 is 0. The quantitative estimate of drug-likeness (QED) is 0.863. The minimum Gasteiger partial charge on any atom is -0.331 e. The van der Waals surface area contributed by atoms with Crippen LogP contribution in [0.25, 0.3) is 0 Å². The van der Waals surface area contributed by atoms with Gasteiger partial charge in [-0.05, 0) is 12.8 Å². The molecular formula is C12H19N3OS. The van der Waals surface area contributed by atoms with Crippen molar-refractivity contribution in [2.75, 3.05) is 18.6 Å². The van der Waals surface area contributed by atoms with Gasteiger partial charge in [-0.15, -0.1) is 0 Å². The molecule has 1 N–H and O–H groups in total. The van der Waals surface area contributed by atoms with Crippen LogP contribution in [0.5, 0.6) is 0 Å². The maximum absolute atomic E-state index is 11.3. The highest BCUT2D eigenvalue weighted by Gasteiger charge is 2.31. The lowest BCUT2D eigenvalue weighted by atomic mass is 10.2. The van der Waals surface area contributed by atoms with E-state index in [0.29, 0.717) is 5.92 Å². The molecule has 94 valence electrons. The van der Waals surface area contributed by atoms with Gasteiger partial charge in [-0.25, -0.2) is 4.98 Å². The third-order valence-electron chi connectivity index (χ3n) is 3.56. The van der Waals surface area contributed by atoms with E-state index in [4.69, 9.17) is 4.98 Å². The molecule has 1 atom stereocenters. The molecule has 2 aliphatic rings. The van der Waals surface area contributed by atoms with Crippen molar-refractivity contribution in [1.29, 1.82) is 0 Å². The zero-order chi connectivity index (χ0) is 11.8. The van der Waals surface area contributed by atoms with Gasteiger partial charge in [0.1, 0.15) is 5.82 Å². The number of hydrogen-bond acceptors (Lipinski definition) is 3. The highest BCUT2D eigenvalue weighted by Crippen LogP contribution is 2.40. The molecule has 5 heteroatoms. The van der Waals surface area contributed by atoms with Crippen molar-refractivity contribution in [3.8, 4) is 0 Å². The number of nitrogens with one attached hydrogen (secondary N) is 1. The van der Waals surface area contributed by atoms with Crippen molar-refractivity contribution in [2.45, 2.75) is 38.3 Å². The van der Waals surface area contributed by atoms with Gasteiger partial charge in [0.05, 0.1) is 5.69 Å². The number of nitrogens with zero attached hydrogens (tertiary/aromatic N) is 2. The Labute approximate surface area is 104 Å². The van der Waals surface area contributed by atoms with Crippen molar-refractivity contribution in [3.05, 3.63) is 17.2 Å². The van der Waals surface area contributed by atoms with E-state index in [9.17, 15) is 4.21 Å². The molecule has 1 fully saturated rings. The standard InChI is InChI=1S/C12H19N3OS/c1-17(16)7-6-15-11-4-5-13-8-10(11)14-12(15)9-2-3-9/h9,13H,2-8H2,1H3. The van der Waals surface area contributed by atoms with E-state index in [1.165, 1.54) is 30.1 Å². The lowest BCUT2D eigenvalue weighted by Crippen LogP contribution is -2.25. The summed E-state index contributed by atoms with van der Waals surface area (Å²) in [5.74, 6) is 2.67. The third-order valence-corrected chi connectivity index (χ3v) is 4.32. The van der Waals surface area contributed by atoms with Gasteiger partial charge in [0, 0.05) is 60.5 Å². The molecular weight excluding hydrogens is 234 g/mol. The number of fused-ring (bicyclic) bond motifs is 1. The summed E-state index contributed by atoms with van der Waals surface area (Å²) in [6.07, 6.45) is 5.39. The molecule has 3 rings (SSSR count). The van der Waals surface area contributed by atoms with Gasteiger partial charge < -0.3 is 9.88 Å². The molecule has 0 amide bonds. The van der Waals surface area contributed by atoms with Gasteiger partial charge in [0.25, 0.3) is 0 Å². The Bertz CT molecular complexity index is 451. The van der Waals surface area contributed by atoms with E-state index in [0.717, 1.165) is 31.8 Å². The molecule has 1 saturated carbocycles. The van der Waals surface area contributed by atoms with Crippen molar-refractivity contribution >= 4 is 10.8 Å². The van der Waals surface area contributed by atoms with Crippen LogP contribution in [-0.2, 0) is 30.3 Å². The first-order chi connectivity index (χ1) is 8.25. The second-order valence-corrected chi connectivity index (χ2v) is 6.55. The van der Waals surface area contributed by atoms with Gasteiger partial charge in [-0.3, -0.25) is 4.21 Å². The molecule has 1 unspecified atom stereocenters. The summed E-state index contributed by atoms with van der Waals surface area (Å²) in [7, 11) is -0.716. The Balaban J connectivity index is 1.91. The second kappa shape index (κ2) is 4.53. The number of hydrogen-bond donors (Lipinski definition) is 1. The Morgan fingerprint density at radius 1 is 1.53 bits per heavy atom. The van der Waals surface area contributed by atoms with E-state index in [1.54, 1.807) is 6.26 Å². The van der Waals surface area contributed by atoms with E-state index in [1.807, 2.05) is 0 Å². The first-order valence-electron chi connectivity index (χ1n) is 6.34. The summed E-state index contributed by atoms with van der Waals surface area (Å²) in [6.45, 7) is 2.81. The Morgan fingerprint density at radius 2 is 2.35 bits per heavy atom. The summed E-state index contributed by atoms with van der Waals surface area (Å²) in [5, 5.41) is 3.37. The zero-order valence-electron chi connectivity index (χ0n) is 10.2. The Kier molecular flexibility index (Phi) is 3.04. The van der Waals surface area contributed by atoms with Crippen LogP contribution in [0.2, 0.25) is 0 Å². The summed E-state index contributed by atoms with van der Waals surface area (Å²) < 4.78 is 13.6. The number of imidazole rings is 1. The fraction of sp³-hybridized carbons (Fsp3) is 0.750. The molecule has 1 aliphatic carbocycles. The predicted molar refractivity (Wildman–Crippen MR) is 68.5 cm³/mol. The average Bonchev–Trinajstić information content (AvgIpc) is 3.08. The largest absolute Gasteiger partial charge is 0.331 e. The summed E-state index contributed by atoms with van der Waals surface area (Å²) in [6, 6.07) is 0. The number of rotatable bonds is 4. The van der Waals surface area contributed by atoms with Crippen LogP contribution in [0.1, 0.15) is 36.0 Å². The van der Waals surface area contributed by atoms with E-state index in [-0.39, 0.29) is 0 Å². The average molecular weight is 253 g/mol. The van der Waals surface area contributed by atoms with Gasteiger partial charge in [0.15, 0.2) is 0 Å². The second-order valence-electron chi connectivity index (χ2n) is 4.99. The van der Waals surface area contributed by atoms with Crippen LogP contribution in [0, 0.1) is 0 Å². The molecule has 4 nitrogen and oxygen atoms in total. The normalized spacial score (nSPS) is 21.2. The summed E-state index contributed by atoms with van der Waals surface area (Å²) in [4.78, 5) is 4.79. The molecule has 0 radical (unpaired) electrons. The van der Waals surface area contributed by atoms with Crippen LogP contribution in [0.15, 0.2) is 0 Å². The molecule has 1 aliphatic heterocycles. The molecule has 17 heavy (non-hydrogen) atoms. The van der Waals surface area contributed by atoms with Crippen LogP contribution in [-0.4, -0.2) is 32.3 Å². The van der Waals surface area contributed by atoms with Crippen molar-refractivity contribution < 1.29 is 4.21 Å². The minimum absolute atomic E-state index is 0.672. The van der Waals surface area contributed by atoms with Gasteiger partial charge >= 0.3 is 0 Å². The first kappa shape index (κ1) is 11.4. The first-order valence-corrected chi connectivity index (χ1v) is 8.07. The highest BCUT2D eigenvalue weighted by molar-refractivity contribution is 7.84. The van der Waals surface area contributed by atoms with Gasteiger partial charge in [0.2, 0.25) is 0 Å². The van der Waals surface area contributed by atoms with Crippen LogP contribution in [0.3, 0.4) is 0 Å². The number of aromatic nitrogens is 2.